The fraction of sp³-hybridized carbons (Fsp3) is 0.120. The van der Waals surface area contributed by atoms with Crippen LogP contribution in [0, 0.1) is 19.3 Å². The minimum absolute atomic E-state index is 0.0351. The molecule has 0 spiro atoms. The Balaban J connectivity index is 1.71. The van der Waals surface area contributed by atoms with Gasteiger partial charge in [-0.3, -0.25) is 0 Å². The molecule has 144 valence electrons. The zero-order chi connectivity index (χ0) is 20.4. The number of rotatable bonds is 5. The van der Waals surface area contributed by atoms with Crippen LogP contribution in [0.15, 0.2) is 77.4 Å². The van der Waals surface area contributed by atoms with Crippen molar-refractivity contribution in [3.05, 3.63) is 117 Å². The zero-order valence-electron chi connectivity index (χ0n) is 16.0. The smallest absolute Gasteiger partial charge is 0.119 e. The van der Waals surface area contributed by atoms with E-state index in [-0.39, 0.29) is 5.92 Å². The Kier molecular flexibility index (Phi) is 5.44. The lowest BCUT2D eigenvalue weighted by molar-refractivity contribution is 0.216. The maximum absolute atomic E-state index is 10.8. The molecule has 0 fully saturated rings. The molecule has 2 heterocycles. The van der Waals surface area contributed by atoms with Crippen molar-refractivity contribution in [2.24, 2.45) is 0 Å². The van der Waals surface area contributed by atoms with E-state index in [9.17, 15) is 5.11 Å². The first-order valence-electron chi connectivity index (χ1n) is 9.39. The summed E-state index contributed by atoms with van der Waals surface area (Å²) in [6.45, 7) is 2.04. The maximum atomic E-state index is 10.8. The van der Waals surface area contributed by atoms with Gasteiger partial charge in [-0.2, -0.15) is 0 Å². The second-order valence-electron chi connectivity index (χ2n) is 7.14. The Morgan fingerprint density at radius 3 is 2.00 bits per heavy atom. The van der Waals surface area contributed by atoms with Crippen molar-refractivity contribution < 1.29 is 5.11 Å². The lowest BCUT2D eigenvalue weighted by Gasteiger charge is -2.16. The molecule has 0 aliphatic heterocycles. The molecular formula is C25H21BrN2O. The number of aryl methyl sites for hydroxylation is 1. The lowest BCUT2D eigenvalue weighted by Crippen LogP contribution is -2.06. The Morgan fingerprint density at radius 2 is 1.38 bits per heavy atom. The van der Waals surface area contributed by atoms with Crippen LogP contribution in [0.5, 0.6) is 0 Å². The first-order chi connectivity index (χ1) is 14.0. The van der Waals surface area contributed by atoms with E-state index in [1.54, 1.807) is 0 Å². The minimum atomic E-state index is -0.704. The van der Waals surface area contributed by atoms with Crippen LogP contribution in [0.4, 0.5) is 0 Å². The fourth-order valence-corrected chi connectivity index (χ4v) is 3.90. The Labute approximate surface area is 179 Å². The predicted octanol–water partition coefficient (Wildman–Crippen LogP) is 5.66. The minimum Gasteiger partial charge on any atom is -0.382 e. The van der Waals surface area contributed by atoms with Crippen LogP contribution >= 0.6 is 15.9 Å². The van der Waals surface area contributed by atoms with Crippen molar-refractivity contribution in [2.75, 3.05) is 0 Å². The summed E-state index contributed by atoms with van der Waals surface area (Å²) >= 11 is 3.50. The van der Waals surface area contributed by atoms with Crippen LogP contribution in [-0.2, 0) is 0 Å². The summed E-state index contributed by atoms with van der Waals surface area (Å²) < 4.78 is 0.921. The summed E-state index contributed by atoms with van der Waals surface area (Å²) in [6, 6.07) is 23.9. The molecule has 2 aromatic heterocycles. The molecule has 4 heteroatoms. The van der Waals surface area contributed by atoms with Crippen LogP contribution in [-0.4, -0.2) is 15.1 Å². The molecule has 0 amide bonds. The van der Waals surface area contributed by atoms with Crippen LogP contribution in [0.1, 0.15) is 51.4 Å². The number of benzene rings is 2. The molecule has 2 atom stereocenters. The Bertz CT molecular complexity index is 1150. The molecule has 2 unspecified atom stereocenters. The molecule has 0 aliphatic rings. The summed E-state index contributed by atoms with van der Waals surface area (Å²) in [6.07, 6.45) is 4.80. The van der Waals surface area contributed by atoms with Gasteiger partial charge in [0, 0.05) is 22.6 Å². The number of nitrogens with one attached hydrogen (secondary N) is 2. The molecule has 4 aromatic rings. The molecule has 0 saturated heterocycles. The number of aliphatic hydroxyl groups excluding tert-OH is 1. The number of aliphatic hydroxyl groups is 1. The van der Waals surface area contributed by atoms with Crippen LogP contribution < -0.4 is 0 Å². The van der Waals surface area contributed by atoms with E-state index in [1.807, 2.05) is 73.7 Å². The van der Waals surface area contributed by atoms with E-state index in [0.717, 1.165) is 38.4 Å². The summed E-state index contributed by atoms with van der Waals surface area (Å²) in [5.41, 5.74) is 6.79. The largest absolute Gasteiger partial charge is 0.382 e. The quantitative estimate of drug-likeness (QED) is 0.342. The van der Waals surface area contributed by atoms with Crippen molar-refractivity contribution in [3.8, 4) is 12.3 Å². The molecule has 29 heavy (non-hydrogen) atoms. The molecule has 3 N–H and O–H groups in total. The van der Waals surface area contributed by atoms with E-state index in [1.165, 1.54) is 5.56 Å². The van der Waals surface area contributed by atoms with Gasteiger partial charge in [-0.15, -0.1) is 6.42 Å². The number of terminal acetylenes is 1. The first-order valence-corrected chi connectivity index (χ1v) is 10.2. The summed E-state index contributed by atoms with van der Waals surface area (Å²) in [5, 5.41) is 10.8. The van der Waals surface area contributed by atoms with Gasteiger partial charge < -0.3 is 15.1 Å². The third-order valence-electron chi connectivity index (χ3n) is 5.12. The number of hydrogen-bond acceptors (Lipinski definition) is 1. The van der Waals surface area contributed by atoms with E-state index in [2.05, 4.69) is 37.9 Å². The zero-order valence-corrected chi connectivity index (χ0v) is 17.6. The highest BCUT2D eigenvalue weighted by molar-refractivity contribution is 9.10. The van der Waals surface area contributed by atoms with Crippen molar-refractivity contribution in [2.45, 2.75) is 18.9 Å². The molecule has 0 saturated carbocycles. The van der Waals surface area contributed by atoms with Crippen molar-refractivity contribution in [1.29, 1.82) is 0 Å². The number of hydrogen-bond donors (Lipinski definition) is 3. The number of aromatic nitrogens is 2. The highest BCUT2D eigenvalue weighted by Crippen LogP contribution is 2.33. The van der Waals surface area contributed by atoms with E-state index < -0.39 is 6.10 Å². The molecule has 2 aromatic carbocycles. The van der Waals surface area contributed by atoms with Crippen LogP contribution in [0.3, 0.4) is 0 Å². The molecule has 3 nitrogen and oxygen atoms in total. The van der Waals surface area contributed by atoms with Gasteiger partial charge in [0.1, 0.15) is 6.10 Å². The van der Waals surface area contributed by atoms with E-state index in [0.29, 0.717) is 0 Å². The van der Waals surface area contributed by atoms with Gasteiger partial charge >= 0.3 is 0 Å². The highest BCUT2D eigenvalue weighted by Gasteiger charge is 2.22. The molecular weight excluding hydrogens is 424 g/mol. The monoisotopic (exact) mass is 444 g/mol. The third kappa shape index (κ3) is 4.07. The number of H-pyrrole nitrogens is 2. The molecule has 0 radical (unpaired) electrons. The van der Waals surface area contributed by atoms with Crippen LogP contribution in [0.25, 0.3) is 0 Å². The van der Waals surface area contributed by atoms with E-state index >= 15 is 0 Å². The average molecular weight is 445 g/mol. The third-order valence-corrected chi connectivity index (χ3v) is 5.59. The van der Waals surface area contributed by atoms with Crippen LogP contribution in [0.2, 0.25) is 0 Å². The normalized spacial score (nSPS) is 13.0. The predicted molar refractivity (Wildman–Crippen MR) is 120 cm³/mol. The van der Waals surface area contributed by atoms with Gasteiger partial charge in [-0.05, 0) is 70.4 Å². The summed E-state index contributed by atoms with van der Waals surface area (Å²) in [5.74, 6) is 2.63. The number of aromatic amines is 2. The van der Waals surface area contributed by atoms with Gasteiger partial charge in [0.15, 0.2) is 0 Å². The summed E-state index contributed by atoms with van der Waals surface area (Å²) in [4.78, 5) is 6.81. The Morgan fingerprint density at radius 1 is 0.793 bits per heavy atom. The lowest BCUT2D eigenvalue weighted by atomic mass is 9.92. The van der Waals surface area contributed by atoms with Gasteiger partial charge in [0.2, 0.25) is 0 Å². The second-order valence-corrected chi connectivity index (χ2v) is 8.00. The van der Waals surface area contributed by atoms with Gasteiger partial charge in [0.25, 0.3) is 0 Å². The Hall–Kier alpha value is -3.00. The van der Waals surface area contributed by atoms with E-state index in [4.69, 9.17) is 6.42 Å². The first kappa shape index (κ1) is 19.3. The van der Waals surface area contributed by atoms with Crippen molar-refractivity contribution >= 4 is 15.9 Å². The standard InChI is InChI=1S/C25H21BrN2O/c1-3-17-6-10-18(11-7-17)24(21-14-15-23(26)28-21)20-12-13-22(27-20)25(29)19-8-4-16(2)5-9-19/h1,4-15,24-25,27-29H,2H3. The average Bonchev–Trinajstić information content (AvgIpc) is 3.39. The second kappa shape index (κ2) is 8.16. The molecule has 0 aliphatic carbocycles. The molecule has 0 bridgehead atoms. The molecule has 4 rings (SSSR count). The fourth-order valence-electron chi connectivity index (χ4n) is 3.54. The highest BCUT2D eigenvalue weighted by atomic mass is 79.9. The van der Waals surface area contributed by atoms with Gasteiger partial charge in [-0.1, -0.05) is 47.9 Å². The number of halogens is 1. The topological polar surface area (TPSA) is 51.8 Å². The van der Waals surface area contributed by atoms with Crippen molar-refractivity contribution in [3.63, 3.8) is 0 Å². The maximum Gasteiger partial charge on any atom is 0.119 e. The summed E-state index contributed by atoms with van der Waals surface area (Å²) in [7, 11) is 0. The van der Waals surface area contributed by atoms with Gasteiger partial charge in [0.05, 0.1) is 10.5 Å². The SMILES string of the molecule is C#Cc1ccc(C(c2ccc(Br)[nH]2)c2ccc(C(O)c3ccc(C)cc3)[nH]2)cc1. The van der Waals surface area contributed by atoms with Crippen molar-refractivity contribution in [1.82, 2.24) is 9.97 Å². The van der Waals surface area contributed by atoms with Gasteiger partial charge in [-0.25, -0.2) is 0 Å².